The van der Waals surface area contributed by atoms with Crippen molar-refractivity contribution in [1.82, 2.24) is 4.98 Å². The molecule has 0 bridgehead atoms. The number of aliphatic hydroxyl groups is 1. The number of carbonyl (C=O) groups is 1. The summed E-state index contributed by atoms with van der Waals surface area (Å²) in [5, 5.41) is 18.8. The molecule has 1 amide bonds. The molecule has 4 aromatic rings. The van der Waals surface area contributed by atoms with Gasteiger partial charge in [-0.3, -0.25) is 9.59 Å². The van der Waals surface area contributed by atoms with Crippen LogP contribution in [-0.4, -0.2) is 54.4 Å². The molecule has 5 heterocycles. The Morgan fingerprint density at radius 1 is 1.13 bits per heavy atom. The van der Waals surface area contributed by atoms with Crippen LogP contribution in [0, 0.1) is 0 Å². The third-order valence-electron chi connectivity index (χ3n) is 7.10. The number of pyridine rings is 1. The van der Waals surface area contributed by atoms with E-state index in [1.807, 2.05) is 16.3 Å². The quantitative estimate of drug-likeness (QED) is 0.266. The Morgan fingerprint density at radius 2 is 1.95 bits per heavy atom. The molecule has 0 spiro atoms. The average molecular weight is 552 g/mol. The minimum atomic E-state index is -0.657. The Bertz CT molecular complexity index is 1560. The van der Waals surface area contributed by atoms with Gasteiger partial charge in [0.1, 0.15) is 6.26 Å². The van der Waals surface area contributed by atoms with Crippen molar-refractivity contribution in [2.24, 2.45) is 5.73 Å². The molecule has 0 aromatic carbocycles. The second-order valence-corrected chi connectivity index (χ2v) is 10.7. The molecule has 1 saturated heterocycles. The Balaban J connectivity index is 1.28. The van der Waals surface area contributed by atoms with E-state index in [2.05, 4.69) is 15.6 Å². The summed E-state index contributed by atoms with van der Waals surface area (Å²) in [6.07, 6.45) is 6.30. The second-order valence-electron chi connectivity index (χ2n) is 9.77. The van der Waals surface area contributed by atoms with Crippen molar-refractivity contribution >= 4 is 51.4 Å². The van der Waals surface area contributed by atoms with Crippen LogP contribution in [0.25, 0.3) is 21.6 Å². The number of aliphatic hydroxyl groups excluding tert-OH is 1. The van der Waals surface area contributed by atoms with Gasteiger partial charge in [-0.25, -0.2) is 4.98 Å². The van der Waals surface area contributed by atoms with Crippen LogP contribution in [0.15, 0.2) is 49.7 Å². The van der Waals surface area contributed by atoms with Gasteiger partial charge >= 0.3 is 0 Å². The first-order valence-corrected chi connectivity index (χ1v) is 13.8. The highest BCUT2D eigenvalue weighted by atomic mass is 32.1. The molecule has 0 unspecified atom stereocenters. The van der Waals surface area contributed by atoms with Crippen LogP contribution < -0.4 is 26.7 Å². The summed E-state index contributed by atoms with van der Waals surface area (Å²) < 4.78 is 17.1. The van der Waals surface area contributed by atoms with Gasteiger partial charge < -0.3 is 39.9 Å². The second kappa shape index (κ2) is 10.7. The van der Waals surface area contributed by atoms with Crippen molar-refractivity contribution in [2.75, 3.05) is 41.8 Å². The third kappa shape index (κ3) is 5.22. The maximum absolute atomic E-state index is 12.7. The van der Waals surface area contributed by atoms with Crippen LogP contribution in [0.4, 0.5) is 22.9 Å². The standard InChI is InChI=1S/C27H29N5O6S/c28-27(35)24-19(9-15(12-29-24)30-18-3-1-2-4-20(18)33)31-16-10-22(39-14-16)17-13-37-26-21(34)11-23(38-25(17)26)32-5-7-36-8-6-32/h9-14,18,20,30-31,33H,1-8H2,(H2,28,35)/t18-,20+/m1/s1. The van der Waals surface area contributed by atoms with Gasteiger partial charge in [0.05, 0.1) is 54.6 Å². The van der Waals surface area contributed by atoms with Crippen molar-refractivity contribution in [3.8, 4) is 10.4 Å². The molecule has 11 nitrogen and oxygen atoms in total. The van der Waals surface area contributed by atoms with Crippen LogP contribution in [-0.2, 0) is 4.74 Å². The number of furan rings is 1. The van der Waals surface area contributed by atoms with Gasteiger partial charge in [-0.15, -0.1) is 11.3 Å². The topological polar surface area (TPSA) is 156 Å². The molecule has 0 radical (unpaired) electrons. The number of nitrogens with two attached hydrogens (primary N) is 1. The molecule has 204 valence electrons. The summed E-state index contributed by atoms with van der Waals surface area (Å²) in [5.41, 5.74) is 8.48. The largest absolute Gasteiger partial charge is 0.456 e. The molecule has 12 heteroatoms. The normalized spacial score (nSPS) is 19.8. The summed E-state index contributed by atoms with van der Waals surface area (Å²) in [6, 6.07) is 5.03. The number of nitrogens with one attached hydrogen (secondary N) is 2. The molecule has 6 rings (SSSR count). The minimum absolute atomic E-state index is 0.0769. The van der Waals surface area contributed by atoms with E-state index in [9.17, 15) is 14.7 Å². The van der Waals surface area contributed by atoms with E-state index in [4.69, 9.17) is 19.3 Å². The molecule has 2 aliphatic rings. The fourth-order valence-electron chi connectivity index (χ4n) is 5.07. The smallest absolute Gasteiger partial charge is 0.269 e. The number of primary amides is 1. The van der Waals surface area contributed by atoms with E-state index in [-0.39, 0.29) is 22.7 Å². The van der Waals surface area contributed by atoms with Crippen LogP contribution in [0.5, 0.6) is 0 Å². The Morgan fingerprint density at radius 3 is 2.74 bits per heavy atom. The van der Waals surface area contributed by atoms with Crippen LogP contribution >= 0.6 is 11.3 Å². The SMILES string of the molecule is NC(=O)c1ncc(N[C@@H]2CCCC[C@@H]2O)cc1Nc1csc(-c2coc3c(=O)cc(N4CCOCC4)oc23)c1. The van der Waals surface area contributed by atoms with E-state index in [0.717, 1.165) is 30.6 Å². The summed E-state index contributed by atoms with van der Waals surface area (Å²) in [5.74, 6) is -0.173. The Kier molecular flexibility index (Phi) is 6.98. The van der Waals surface area contributed by atoms with E-state index >= 15 is 0 Å². The molecule has 39 heavy (non-hydrogen) atoms. The number of aromatic nitrogens is 1. The predicted octanol–water partition coefficient (Wildman–Crippen LogP) is 3.90. The molecule has 2 atom stereocenters. The number of anilines is 4. The van der Waals surface area contributed by atoms with Gasteiger partial charge in [0.25, 0.3) is 5.91 Å². The fourth-order valence-corrected chi connectivity index (χ4v) is 5.91. The highest BCUT2D eigenvalue weighted by Crippen LogP contribution is 2.38. The average Bonchev–Trinajstić information content (AvgIpc) is 3.58. The maximum atomic E-state index is 12.7. The van der Waals surface area contributed by atoms with Gasteiger partial charge in [0.15, 0.2) is 17.2 Å². The lowest BCUT2D eigenvalue weighted by atomic mass is 9.92. The third-order valence-corrected chi connectivity index (χ3v) is 8.06. The molecule has 1 aliphatic carbocycles. The van der Waals surface area contributed by atoms with Gasteiger partial charge in [-0.05, 0) is 25.0 Å². The zero-order valence-corrected chi connectivity index (χ0v) is 22.0. The molecule has 5 N–H and O–H groups in total. The molecule has 1 aliphatic heterocycles. The fraction of sp³-hybridized carbons (Fsp3) is 0.370. The number of carbonyl (C=O) groups excluding carboxylic acids is 1. The molecule has 1 saturated carbocycles. The Hall–Kier alpha value is -3.87. The van der Waals surface area contributed by atoms with E-state index in [1.54, 1.807) is 12.3 Å². The number of rotatable bonds is 7. The van der Waals surface area contributed by atoms with Gasteiger partial charge in [-0.2, -0.15) is 0 Å². The van der Waals surface area contributed by atoms with E-state index < -0.39 is 12.0 Å². The summed E-state index contributed by atoms with van der Waals surface area (Å²) in [7, 11) is 0. The Labute approximate surface area is 227 Å². The lowest BCUT2D eigenvalue weighted by Gasteiger charge is -2.29. The van der Waals surface area contributed by atoms with Gasteiger partial charge in [0.2, 0.25) is 11.0 Å². The van der Waals surface area contributed by atoms with E-state index in [1.165, 1.54) is 23.7 Å². The van der Waals surface area contributed by atoms with Crippen molar-refractivity contribution in [1.29, 1.82) is 0 Å². The van der Waals surface area contributed by atoms with Crippen molar-refractivity contribution in [2.45, 2.75) is 37.8 Å². The number of thiophene rings is 1. The number of morpholine rings is 1. The number of hydrogen-bond donors (Lipinski definition) is 4. The van der Waals surface area contributed by atoms with Crippen molar-refractivity contribution in [3.05, 3.63) is 52.0 Å². The highest BCUT2D eigenvalue weighted by Gasteiger charge is 2.24. The van der Waals surface area contributed by atoms with Crippen LogP contribution in [0.2, 0.25) is 0 Å². The summed E-state index contributed by atoms with van der Waals surface area (Å²) in [4.78, 5) is 31.9. The summed E-state index contributed by atoms with van der Waals surface area (Å²) in [6.45, 7) is 2.41. The lowest BCUT2D eigenvalue weighted by Crippen LogP contribution is -2.36. The monoisotopic (exact) mass is 551 g/mol. The first kappa shape index (κ1) is 25.4. The van der Waals surface area contributed by atoms with Crippen molar-refractivity contribution < 1.29 is 23.5 Å². The zero-order chi connectivity index (χ0) is 26.9. The zero-order valence-electron chi connectivity index (χ0n) is 21.1. The number of fused-ring (bicyclic) bond motifs is 1. The minimum Gasteiger partial charge on any atom is -0.456 e. The number of amides is 1. The van der Waals surface area contributed by atoms with Gasteiger partial charge in [0, 0.05) is 29.0 Å². The molecule has 2 fully saturated rings. The maximum Gasteiger partial charge on any atom is 0.269 e. The van der Waals surface area contributed by atoms with Crippen LogP contribution in [0.3, 0.4) is 0 Å². The first-order valence-electron chi connectivity index (χ1n) is 12.9. The first-order chi connectivity index (χ1) is 19.0. The van der Waals surface area contributed by atoms with Crippen LogP contribution in [0.1, 0.15) is 36.2 Å². The number of ether oxygens (including phenoxy) is 1. The van der Waals surface area contributed by atoms with Crippen molar-refractivity contribution in [3.63, 3.8) is 0 Å². The number of hydrogen-bond acceptors (Lipinski definition) is 11. The van der Waals surface area contributed by atoms with E-state index in [0.29, 0.717) is 60.4 Å². The number of nitrogens with zero attached hydrogens (tertiary/aromatic N) is 2. The molecular weight excluding hydrogens is 522 g/mol. The summed E-state index contributed by atoms with van der Waals surface area (Å²) >= 11 is 1.43. The van der Waals surface area contributed by atoms with Gasteiger partial charge in [-0.1, -0.05) is 12.8 Å². The predicted molar refractivity (Wildman–Crippen MR) is 149 cm³/mol. The highest BCUT2D eigenvalue weighted by molar-refractivity contribution is 7.14. The molecule has 4 aromatic heterocycles. The molecular formula is C27H29N5O6S. The lowest BCUT2D eigenvalue weighted by molar-refractivity contribution is 0.0996.